The van der Waals surface area contributed by atoms with Gasteiger partial charge in [-0.25, -0.2) is 0 Å². The molecule has 1 aliphatic rings. The molecule has 7 nitrogen and oxygen atoms in total. The summed E-state index contributed by atoms with van der Waals surface area (Å²) in [5, 5.41) is 13.7. The van der Waals surface area contributed by atoms with Gasteiger partial charge in [0.25, 0.3) is 5.69 Å². The van der Waals surface area contributed by atoms with Gasteiger partial charge in [0.15, 0.2) is 0 Å². The number of hydrogen-bond donors (Lipinski definition) is 1. The van der Waals surface area contributed by atoms with Crippen LogP contribution in [0.1, 0.15) is 23.5 Å². The summed E-state index contributed by atoms with van der Waals surface area (Å²) in [5.41, 5.74) is 1.19. The van der Waals surface area contributed by atoms with Gasteiger partial charge in [0.1, 0.15) is 17.5 Å². The third kappa shape index (κ3) is 4.20. The molecule has 0 radical (unpaired) electrons. The Bertz CT molecular complexity index is 945. The molecule has 1 saturated heterocycles. The maximum absolute atomic E-state index is 12.8. The second kappa shape index (κ2) is 8.22. The lowest BCUT2D eigenvalue weighted by Gasteiger charge is -2.32. The number of carbonyl (C=O) groups excluding carboxylic acids is 2. The zero-order valence-corrected chi connectivity index (χ0v) is 15.5. The summed E-state index contributed by atoms with van der Waals surface area (Å²) >= 11 is 5.87. The molecule has 2 aromatic carbocycles. The van der Waals surface area contributed by atoms with Crippen LogP contribution in [0.2, 0.25) is 5.02 Å². The lowest BCUT2D eigenvalue weighted by molar-refractivity contribution is -0.384. The molecule has 2 aromatic rings. The predicted octanol–water partition coefficient (Wildman–Crippen LogP) is 3.73. The predicted molar refractivity (Wildman–Crippen MR) is 102 cm³/mol. The first-order chi connectivity index (χ1) is 13.4. The van der Waals surface area contributed by atoms with Crippen molar-refractivity contribution in [1.29, 1.82) is 0 Å². The number of piperidine rings is 1. The van der Waals surface area contributed by atoms with Crippen LogP contribution < -0.4 is 5.32 Å². The maximum atomic E-state index is 12.8. The van der Waals surface area contributed by atoms with Crippen LogP contribution in [0.25, 0.3) is 0 Å². The minimum atomic E-state index is -0.859. The van der Waals surface area contributed by atoms with Crippen molar-refractivity contribution in [3.63, 3.8) is 0 Å². The molecule has 144 valence electrons. The molecule has 1 amide bonds. The van der Waals surface area contributed by atoms with Crippen LogP contribution in [0.3, 0.4) is 0 Å². The molecule has 2 atom stereocenters. The number of hydrogen-bond acceptors (Lipinski definition) is 5. The molecule has 1 fully saturated rings. The zero-order chi connectivity index (χ0) is 20.3. The van der Waals surface area contributed by atoms with Gasteiger partial charge in [0.05, 0.1) is 4.92 Å². The number of nitro benzene ring substituents is 1. The molecule has 2 unspecified atom stereocenters. The standard InChI is InChI=1S/C20H17ClN2O5/c1-12-19(20(25)28-11-13-5-3-2-4-6-13)15(10-18(24)22-12)14-7-8-16(21)17(9-14)23(26)27/h2-9,15,19H,1,10-11H2,(H,22,24). The number of esters is 1. The van der Waals surface area contributed by atoms with E-state index in [1.165, 1.54) is 12.1 Å². The van der Waals surface area contributed by atoms with Crippen molar-refractivity contribution in [1.82, 2.24) is 5.32 Å². The van der Waals surface area contributed by atoms with E-state index in [0.717, 1.165) is 5.56 Å². The van der Waals surface area contributed by atoms with Crippen molar-refractivity contribution in [3.8, 4) is 0 Å². The molecule has 8 heteroatoms. The van der Waals surface area contributed by atoms with Crippen molar-refractivity contribution in [3.05, 3.63) is 87.1 Å². The van der Waals surface area contributed by atoms with E-state index in [9.17, 15) is 19.7 Å². The lowest BCUT2D eigenvalue weighted by Crippen LogP contribution is -2.41. The van der Waals surface area contributed by atoms with Gasteiger partial charge in [0.2, 0.25) is 5.91 Å². The SMILES string of the molecule is C=C1NC(=O)CC(c2ccc(Cl)c([N+](=O)[O-])c2)C1C(=O)OCc1ccccc1. The lowest BCUT2D eigenvalue weighted by atomic mass is 9.79. The van der Waals surface area contributed by atoms with Gasteiger partial charge in [-0.1, -0.05) is 54.6 Å². The van der Waals surface area contributed by atoms with Gasteiger partial charge in [-0.2, -0.15) is 0 Å². The number of benzene rings is 2. The second-order valence-electron chi connectivity index (χ2n) is 6.42. The molecule has 3 rings (SSSR count). The summed E-state index contributed by atoms with van der Waals surface area (Å²) in [5.74, 6) is -2.38. The first-order valence-corrected chi connectivity index (χ1v) is 8.87. The highest BCUT2D eigenvalue weighted by molar-refractivity contribution is 6.32. The van der Waals surface area contributed by atoms with Crippen molar-refractivity contribution in [2.24, 2.45) is 5.92 Å². The Kier molecular flexibility index (Phi) is 5.75. The fraction of sp³-hybridized carbons (Fsp3) is 0.200. The molecule has 0 aliphatic carbocycles. The van der Waals surface area contributed by atoms with E-state index in [2.05, 4.69) is 11.9 Å². The summed E-state index contributed by atoms with van der Waals surface area (Å²) in [6.07, 6.45) is -0.0249. The normalized spacial score (nSPS) is 19.0. The molecule has 0 spiro atoms. The first-order valence-electron chi connectivity index (χ1n) is 8.50. The van der Waals surface area contributed by atoms with Crippen molar-refractivity contribution < 1.29 is 19.2 Å². The third-order valence-electron chi connectivity index (χ3n) is 4.56. The topological polar surface area (TPSA) is 98.5 Å². The Morgan fingerprint density at radius 1 is 1.29 bits per heavy atom. The van der Waals surface area contributed by atoms with Crippen LogP contribution >= 0.6 is 11.6 Å². The van der Waals surface area contributed by atoms with Gasteiger partial charge in [-0.05, 0) is 17.2 Å². The quantitative estimate of drug-likeness (QED) is 0.468. The van der Waals surface area contributed by atoms with E-state index < -0.39 is 22.7 Å². The molecular formula is C20H17ClN2O5. The number of nitro groups is 1. The fourth-order valence-electron chi connectivity index (χ4n) is 3.20. The average Bonchev–Trinajstić information content (AvgIpc) is 2.66. The third-order valence-corrected chi connectivity index (χ3v) is 4.88. The minimum Gasteiger partial charge on any atom is -0.460 e. The Hall–Kier alpha value is -3.19. The highest BCUT2D eigenvalue weighted by atomic mass is 35.5. The zero-order valence-electron chi connectivity index (χ0n) is 14.8. The number of carbonyl (C=O) groups is 2. The highest BCUT2D eigenvalue weighted by Gasteiger charge is 2.39. The Morgan fingerprint density at radius 3 is 2.68 bits per heavy atom. The number of ether oxygens (including phenoxy) is 1. The molecule has 0 aromatic heterocycles. The number of nitrogens with one attached hydrogen (secondary N) is 1. The maximum Gasteiger partial charge on any atom is 0.315 e. The van der Waals surface area contributed by atoms with Crippen molar-refractivity contribution in [2.45, 2.75) is 18.9 Å². The molecular weight excluding hydrogens is 384 g/mol. The molecule has 1 N–H and O–H groups in total. The summed E-state index contributed by atoms with van der Waals surface area (Å²) in [4.78, 5) is 35.4. The van der Waals surface area contributed by atoms with Crippen molar-refractivity contribution >= 4 is 29.2 Å². The van der Waals surface area contributed by atoms with Gasteiger partial charge in [-0.3, -0.25) is 19.7 Å². The number of amides is 1. The molecule has 0 saturated carbocycles. The van der Waals surface area contributed by atoms with E-state index in [0.29, 0.717) is 5.56 Å². The Labute approximate surface area is 166 Å². The smallest absolute Gasteiger partial charge is 0.315 e. The fourth-order valence-corrected chi connectivity index (χ4v) is 3.39. The summed E-state index contributed by atoms with van der Waals surface area (Å²) in [6, 6.07) is 13.4. The van der Waals surface area contributed by atoms with E-state index in [1.807, 2.05) is 30.3 Å². The average molecular weight is 401 g/mol. The van der Waals surface area contributed by atoms with E-state index >= 15 is 0 Å². The highest BCUT2D eigenvalue weighted by Crippen LogP contribution is 2.38. The van der Waals surface area contributed by atoms with Gasteiger partial charge >= 0.3 is 5.97 Å². The van der Waals surface area contributed by atoms with Crippen molar-refractivity contribution in [2.75, 3.05) is 0 Å². The molecule has 1 heterocycles. The van der Waals surface area contributed by atoms with Crippen LogP contribution in [-0.2, 0) is 20.9 Å². The second-order valence-corrected chi connectivity index (χ2v) is 6.83. The summed E-state index contributed by atoms with van der Waals surface area (Å²) in [6.45, 7) is 3.85. The Balaban J connectivity index is 1.87. The van der Waals surface area contributed by atoms with Crippen LogP contribution in [0, 0.1) is 16.0 Å². The molecule has 1 aliphatic heterocycles. The van der Waals surface area contributed by atoms with Gasteiger partial charge in [-0.15, -0.1) is 0 Å². The number of nitrogens with zero attached hydrogens (tertiary/aromatic N) is 1. The molecule has 28 heavy (non-hydrogen) atoms. The van der Waals surface area contributed by atoms with Crippen LogP contribution in [-0.4, -0.2) is 16.8 Å². The van der Waals surface area contributed by atoms with E-state index in [-0.39, 0.29) is 35.3 Å². The summed E-state index contributed by atoms with van der Waals surface area (Å²) < 4.78 is 5.42. The number of halogens is 1. The van der Waals surface area contributed by atoms with Crippen LogP contribution in [0.5, 0.6) is 0 Å². The van der Waals surface area contributed by atoms with Crippen LogP contribution in [0.4, 0.5) is 5.69 Å². The summed E-state index contributed by atoms with van der Waals surface area (Å²) in [7, 11) is 0. The van der Waals surface area contributed by atoms with Crippen LogP contribution in [0.15, 0.2) is 60.8 Å². The first kappa shape index (κ1) is 19.6. The minimum absolute atomic E-state index is 0.0176. The largest absolute Gasteiger partial charge is 0.460 e. The van der Waals surface area contributed by atoms with E-state index in [4.69, 9.17) is 16.3 Å². The van der Waals surface area contributed by atoms with Gasteiger partial charge < -0.3 is 10.1 Å². The Morgan fingerprint density at radius 2 is 2.00 bits per heavy atom. The molecule has 0 bridgehead atoms. The monoisotopic (exact) mass is 400 g/mol. The van der Waals surface area contributed by atoms with E-state index in [1.54, 1.807) is 6.07 Å². The number of rotatable bonds is 5. The van der Waals surface area contributed by atoms with Gasteiger partial charge in [0, 0.05) is 24.1 Å².